The standard InChI is InChI=1S/C6H7ClO7.Na.H/c7-14-6(5(12)13,1-3(8)9)2-4(10)11;;/h1-2H2,(H,8,9)(H,10,11)(H,12,13);;. The third kappa shape index (κ3) is 5.33. The molecule has 0 radical (unpaired) electrons. The van der Waals surface area contributed by atoms with Crippen molar-refractivity contribution in [3.8, 4) is 0 Å². The Balaban J connectivity index is 0. The molecule has 0 aliphatic heterocycles. The third-order valence-corrected chi connectivity index (χ3v) is 1.71. The number of carbonyl (C=O) groups is 3. The Kier molecular flexibility index (Phi) is 7.99. The normalized spacial score (nSPS) is 10.2. The second-order valence-corrected chi connectivity index (χ2v) is 2.67. The zero-order chi connectivity index (χ0) is 11.4. The molecule has 0 amide bonds. The van der Waals surface area contributed by atoms with Crippen LogP contribution in [0.15, 0.2) is 0 Å². The van der Waals surface area contributed by atoms with E-state index < -0.39 is 36.4 Å². The van der Waals surface area contributed by atoms with Crippen LogP contribution in [0.4, 0.5) is 0 Å². The SMILES string of the molecule is O=C(O)CC(CC(=O)O)(OCl)C(=O)O.[NaH]. The fraction of sp³-hybridized carbons (Fsp3) is 0.500. The number of carboxylic acid groups (broad SMARTS) is 3. The second-order valence-electron chi connectivity index (χ2n) is 2.52. The first-order valence-corrected chi connectivity index (χ1v) is 3.61. The van der Waals surface area contributed by atoms with Gasteiger partial charge in [0.1, 0.15) is 0 Å². The molecule has 0 aromatic carbocycles. The summed E-state index contributed by atoms with van der Waals surface area (Å²) < 4.78 is 3.93. The van der Waals surface area contributed by atoms with Crippen LogP contribution in [0.25, 0.3) is 0 Å². The van der Waals surface area contributed by atoms with Gasteiger partial charge < -0.3 is 15.3 Å². The fourth-order valence-corrected chi connectivity index (χ4v) is 0.965. The molecule has 0 saturated carbocycles. The first-order chi connectivity index (χ1) is 6.34. The molecule has 82 valence electrons. The molecule has 0 aliphatic carbocycles. The number of hydrogen-bond donors (Lipinski definition) is 3. The molecule has 0 aromatic heterocycles. The van der Waals surface area contributed by atoms with E-state index in [9.17, 15) is 14.4 Å². The van der Waals surface area contributed by atoms with E-state index >= 15 is 0 Å². The van der Waals surface area contributed by atoms with Gasteiger partial charge in [-0.05, 0) is 0 Å². The van der Waals surface area contributed by atoms with Gasteiger partial charge in [0.05, 0.1) is 24.7 Å². The molecule has 0 bridgehead atoms. The van der Waals surface area contributed by atoms with Crippen LogP contribution in [0.2, 0.25) is 0 Å². The molecule has 0 fully saturated rings. The maximum absolute atomic E-state index is 10.6. The summed E-state index contributed by atoms with van der Waals surface area (Å²) in [5.74, 6) is -4.78. The van der Waals surface area contributed by atoms with E-state index in [0.717, 1.165) is 0 Å². The molecular weight excluding hydrogens is 243 g/mol. The molecule has 0 saturated heterocycles. The van der Waals surface area contributed by atoms with Crippen molar-refractivity contribution in [3.63, 3.8) is 0 Å². The van der Waals surface area contributed by atoms with Gasteiger partial charge >= 0.3 is 47.5 Å². The summed E-state index contributed by atoms with van der Waals surface area (Å²) in [5, 5.41) is 25.3. The van der Waals surface area contributed by atoms with Crippen molar-refractivity contribution in [3.05, 3.63) is 0 Å². The van der Waals surface area contributed by atoms with Gasteiger partial charge in [-0.3, -0.25) is 13.9 Å². The van der Waals surface area contributed by atoms with Crippen LogP contribution in [0.3, 0.4) is 0 Å². The third-order valence-electron chi connectivity index (χ3n) is 1.41. The monoisotopic (exact) mass is 250 g/mol. The first kappa shape index (κ1) is 17.1. The minimum atomic E-state index is -2.43. The summed E-state index contributed by atoms with van der Waals surface area (Å²) in [6.45, 7) is 0. The van der Waals surface area contributed by atoms with E-state index in [4.69, 9.17) is 27.2 Å². The molecule has 0 atom stereocenters. The van der Waals surface area contributed by atoms with Crippen molar-refractivity contribution in [1.29, 1.82) is 0 Å². The van der Waals surface area contributed by atoms with Crippen molar-refractivity contribution >= 4 is 59.3 Å². The van der Waals surface area contributed by atoms with E-state index in [1.54, 1.807) is 0 Å². The number of aliphatic carboxylic acids is 3. The number of halogens is 1. The van der Waals surface area contributed by atoms with Crippen molar-refractivity contribution in [2.75, 3.05) is 0 Å². The predicted molar refractivity (Wildman–Crippen MR) is 49.0 cm³/mol. The van der Waals surface area contributed by atoms with Gasteiger partial charge in [0.2, 0.25) is 5.60 Å². The Morgan fingerprint density at radius 3 is 1.53 bits per heavy atom. The van der Waals surface area contributed by atoms with Crippen LogP contribution in [0.5, 0.6) is 0 Å². The van der Waals surface area contributed by atoms with E-state index in [2.05, 4.69) is 4.29 Å². The molecule has 0 rings (SSSR count). The number of carboxylic acids is 3. The van der Waals surface area contributed by atoms with Gasteiger partial charge in [0, 0.05) is 0 Å². The van der Waals surface area contributed by atoms with Crippen LogP contribution >= 0.6 is 11.9 Å². The van der Waals surface area contributed by atoms with Crippen molar-refractivity contribution < 1.29 is 34.0 Å². The molecule has 7 nitrogen and oxygen atoms in total. The summed E-state index contributed by atoms with van der Waals surface area (Å²) >= 11 is 4.80. The first-order valence-electron chi connectivity index (χ1n) is 3.31. The Morgan fingerprint density at radius 1 is 1.07 bits per heavy atom. The summed E-state index contributed by atoms with van der Waals surface area (Å²) in [6, 6.07) is 0. The quantitative estimate of drug-likeness (QED) is 0.532. The summed E-state index contributed by atoms with van der Waals surface area (Å²) in [6.07, 6.45) is -2.06. The molecule has 9 heteroatoms. The molecule has 0 heterocycles. The maximum atomic E-state index is 10.6. The Morgan fingerprint density at radius 2 is 1.40 bits per heavy atom. The number of hydrogen-bond acceptors (Lipinski definition) is 4. The molecule has 0 aromatic rings. The molecule has 0 aliphatic rings. The van der Waals surface area contributed by atoms with Gasteiger partial charge in [-0.1, -0.05) is 0 Å². The Bertz CT molecular complexity index is 250. The van der Waals surface area contributed by atoms with Gasteiger partial charge in [0.25, 0.3) is 0 Å². The van der Waals surface area contributed by atoms with E-state index in [1.165, 1.54) is 0 Å². The average Bonchev–Trinajstić information content (AvgIpc) is 2.00. The Labute approximate surface area is 111 Å². The molecule has 3 N–H and O–H groups in total. The van der Waals surface area contributed by atoms with Crippen molar-refractivity contribution in [2.45, 2.75) is 18.4 Å². The minimum absolute atomic E-state index is 0. The van der Waals surface area contributed by atoms with Crippen LogP contribution in [0.1, 0.15) is 12.8 Å². The molecule has 0 unspecified atom stereocenters. The van der Waals surface area contributed by atoms with Crippen LogP contribution in [-0.2, 0) is 18.7 Å². The summed E-state index contributed by atoms with van der Waals surface area (Å²) in [5.41, 5.74) is -2.43. The summed E-state index contributed by atoms with van der Waals surface area (Å²) in [7, 11) is 0. The van der Waals surface area contributed by atoms with Gasteiger partial charge in [-0.15, -0.1) is 0 Å². The van der Waals surface area contributed by atoms with E-state index in [0.29, 0.717) is 0 Å². The topological polar surface area (TPSA) is 121 Å². The second kappa shape index (κ2) is 7.02. The van der Waals surface area contributed by atoms with E-state index in [-0.39, 0.29) is 29.6 Å². The summed E-state index contributed by atoms with van der Waals surface area (Å²) in [4.78, 5) is 31.1. The van der Waals surface area contributed by atoms with Crippen molar-refractivity contribution in [1.82, 2.24) is 0 Å². The van der Waals surface area contributed by atoms with Crippen LogP contribution in [-0.4, -0.2) is 68.4 Å². The molecule has 15 heavy (non-hydrogen) atoms. The molecular formula is C6H8ClNaO7. The van der Waals surface area contributed by atoms with Gasteiger partial charge in [-0.2, -0.15) is 0 Å². The molecule has 0 spiro atoms. The van der Waals surface area contributed by atoms with E-state index in [1.807, 2.05) is 0 Å². The zero-order valence-corrected chi connectivity index (χ0v) is 7.52. The number of rotatable bonds is 6. The fourth-order valence-electron chi connectivity index (χ4n) is 0.790. The zero-order valence-electron chi connectivity index (χ0n) is 6.77. The van der Waals surface area contributed by atoms with Crippen LogP contribution < -0.4 is 0 Å². The Hall–Kier alpha value is -0.340. The predicted octanol–water partition coefficient (Wildman–Crippen LogP) is -0.719. The average molecular weight is 251 g/mol. The van der Waals surface area contributed by atoms with Crippen molar-refractivity contribution in [2.24, 2.45) is 0 Å². The van der Waals surface area contributed by atoms with Gasteiger partial charge in [0.15, 0.2) is 0 Å². The van der Waals surface area contributed by atoms with Crippen LogP contribution in [0, 0.1) is 0 Å². The van der Waals surface area contributed by atoms with Gasteiger partial charge in [-0.25, -0.2) is 4.79 Å².